The van der Waals surface area contributed by atoms with E-state index < -0.39 is 16.4 Å². The number of hydrogen-bond donors (Lipinski definition) is 0. The monoisotopic (exact) mass is 470 g/mol. The molecule has 0 N–H and O–H groups in total. The number of ketones is 1. The topological polar surface area (TPSA) is 35.5 Å². The lowest BCUT2D eigenvalue weighted by Gasteiger charge is -2.39. The van der Waals surface area contributed by atoms with Crippen molar-refractivity contribution in [1.82, 2.24) is 0 Å². The van der Waals surface area contributed by atoms with Gasteiger partial charge in [0.2, 0.25) is 0 Å². The van der Waals surface area contributed by atoms with Crippen molar-refractivity contribution in [3.05, 3.63) is 22.3 Å². The van der Waals surface area contributed by atoms with Gasteiger partial charge in [-0.05, 0) is 40.3 Å². The van der Waals surface area contributed by atoms with Gasteiger partial charge in [0.15, 0.2) is 14.1 Å². The number of ether oxygens (including phenoxy) is 1. The van der Waals surface area contributed by atoms with Crippen LogP contribution in [0, 0.1) is 11.8 Å². The first-order valence-electron chi connectivity index (χ1n) is 12.1. The van der Waals surface area contributed by atoms with Gasteiger partial charge in [-0.3, -0.25) is 4.79 Å². The Labute approximate surface area is 197 Å². The molecule has 1 heterocycles. The maximum absolute atomic E-state index is 13.1. The van der Waals surface area contributed by atoms with Crippen LogP contribution in [0.3, 0.4) is 0 Å². The molecule has 0 bridgehead atoms. The molecule has 0 amide bonds. The summed E-state index contributed by atoms with van der Waals surface area (Å²) in [5.41, 5.74) is 4.47. The van der Waals surface area contributed by atoms with Crippen LogP contribution in [-0.4, -0.2) is 35.4 Å². The van der Waals surface area contributed by atoms with Crippen molar-refractivity contribution >= 4 is 27.4 Å². The van der Waals surface area contributed by atoms with Crippen molar-refractivity contribution < 1.29 is 14.0 Å². The number of benzene rings is 1. The first-order valence-corrected chi connectivity index (χ1v) is 18.0. The summed E-state index contributed by atoms with van der Waals surface area (Å²) in [5.74, 6) is 8.13. The van der Waals surface area contributed by atoms with Gasteiger partial charge in [-0.2, -0.15) is 0 Å². The van der Waals surface area contributed by atoms with E-state index in [-0.39, 0.29) is 15.9 Å². The van der Waals surface area contributed by atoms with Crippen LogP contribution in [0.4, 0.5) is 0 Å². The van der Waals surface area contributed by atoms with Gasteiger partial charge in [0.1, 0.15) is 5.75 Å². The average molecular weight is 471 g/mol. The van der Waals surface area contributed by atoms with Crippen LogP contribution in [-0.2, 0) is 17.3 Å². The molecule has 3 rings (SSSR count). The smallest absolute Gasteiger partial charge is 0.192 e. The zero-order valence-corrected chi connectivity index (χ0v) is 24.0. The van der Waals surface area contributed by atoms with E-state index in [1.807, 2.05) is 0 Å². The summed E-state index contributed by atoms with van der Waals surface area (Å²) in [6, 6.07) is 0. The fourth-order valence-corrected chi connectivity index (χ4v) is 7.76. The highest BCUT2D eigenvalue weighted by Gasteiger charge is 2.46. The lowest BCUT2D eigenvalue weighted by Crippen LogP contribution is -2.52. The van der Waals surface area contributed by atoms with E-state index in [4.69, 9.17) is 9.16 Å². The van der Waals surface area contributed by atoms with E-state index in [1.165, 1.54) is 16.3 Å². The molecule has 0 fully saturated rings. The number of fused-ring (bicyclic) bond motifs is 2. The molecule has 5 heteroatoms. The first-order chi connectivity index (χ1) is 14.6. The van der Waals surface area contributed by atoms with E-state index in [9.17, 15) is 4.79 Å². The second-order valence-corrected chi connectivity index (χ2v) is 22.5. The Morgan fingerprint density at radius 3 is 2.19 bits per heavy atom. The highest BCUT2D eigenvalue weighted by atomic mass is 28.4. The van der Waals surface area contributed by atoms with Crippen molar-refractivity contribution in [3.63, 3.8) is 0 Å². The Kier molecular flexibility index (Phi) is 6.67. The van der Waals surface area contributed by atoms with Gasteiger partial charge in [0.25, 0.3) is 0 Å². The fraction of sp³-hybridized carbons (Fsp3) is 0.667. The minimum atomic E-state index is -1.95. The van der Waals surface area contributed by atoms with Crippen molar-refractivity contribution in [1.29, 1.82) is 0 Å². The quantitative estimate of drug-likeness (QED) is 0.297. The summed E-state index contributed by atoms with van der Waals surface area (Å²) in [6.45, 7) is 24.4. The van der Waals surface area contributed by atoms with E-state index in [0.29, 0.717) is 19.6 Å². The SMILES string of the molecule is CC(C)(C)[Si](C)(C)OCCC#Cc1c2c(c([Si](C)(C)C(C)(C)C)c3c1CCC3=O)OCC2. The predicted octanol–water partition coefficient (Wildman–Crippen LogP) is 6.23. The van der Waals surface area contributed by atoms with Crippen molar-refractivity contribution in [2.45, 2.75) is 103 Å². The van der Waals surface area contributed by atoms with Crippen LogP contribution in [0.1, 0.15) is 81.4 Å². The number of carbonyl (C=O) groups excluding carboxylic acids is 1. The second kappa shape index (κ2) is 8.45. The maximum atomic E-state index is 13.1. The zero-order chi connectivity index (χ0) is 24.1. The summed E-state index contributed by atoms with van der Waals surface area (Å²) in [7, 11) is -3.70. The van der Waals surface area contributed by atoms with Crippen LogP contribution in [0.2, 0.25) is 36.3 Å². The predicted molar refractivity (Wildman–Crippen MR) is 140 cm³/mol. The summed E-state index contributed by atoms with van der Waals surface area (Å²) >= 11 is 0. The summed E-state index contributed by atoms with van der Waals surface area (Å²) in [6.07, 6.45) is 3.02. The average Bonchev–Trinajstić information content (AvgIpc) is 3.26. The molecule has 32 heavy (non-hydrogen) atoms. The van der Waals surface area contributed by atoms with Crippen LogP contribution in [0.5, 0.6) is 5.75 Å². The molecule has 0 aromatic heterocycles. The number of Topliss-reactive ketones (excluding diaryl/α,β-unsaturated/α-hetero) is 1. The molecule has 0 unspecified atom stereocenters. The summed E-state index contributed by atoms with van der Waals surface area (Å²) < 4.78 is 12.5. The van der Waals surface area contributed by atoms with Gasteiger partial charge in [-0.25, -0.2) is 0 Å². The van der Waals surface area contributed by atoms with Crippen LogP contribution < -0.4 is 9.92 Å². The van der Waals surface area contributed by atoms with E-state index >= 15 is 0 Å². The third kappa shape index (κ3) is 4.39. The highest BCUT2D eigenvalue weighted by molar-refractivity contribution is 6.93. The van der Waals surface area contributed by atoms with Gasteiger partial charge >= 0.3 is 0 Å². The molecule has 1 aromatic carbocycles. The van der Waals surface area contributed by atoms with Gasteiger partial charge < -0.3 is 9.16 Å². The maximum Gasteiger partial charge on any atom is 0.192 e. The normalized spacial score (nSPS) is 16.4. The van der Waals surface area contributed by atoms with Gasteiger partial charge in [-0.1, -0.05) is 66.5 Å². The zero-order valence-electron chi connectivity index (χ0n) is 22.0. The van der Waals surface area contributed by atoms with E-state index in [0.717, 1.165) is 36.1 Å². The molecular weight excluding hydrogens is 428 g/mol. The highest BCUT2D eigenvalue weighted by Crippen LogP contribution is 2.44. The standard InChI is InChI=1S/C27H42O3Si2/c1-26(2,3)31(7,8)25-23-20(14-15-22(23)28)19(21-16-18-29-24(21)25)13-11-12-17-30-32(9,10)27(4,5)6/h12,14-18H2,1-10H3. The van der Waals surface area contributed by atoms with Crippen LogP contribution >= 0.6 is 0 Å². The molecule has 0 radical (unpaired) electrons. The Bertz CT molecular complexity index is 980. The number of hydrogen-bond acceptors (Lipinski definition) is 3. The van der Waals surface area contributed by atoms with E-state index in [2.05, 4.69) is 79.6 Å². The molecule has 0 atom stereocenters. The Morgan fingerprint density at radius 1 is 0.938 bits per heavy atom. The van der Waals surface area contributed by atoms with Gasteiger partial charge in [-0.15, -0.1) is 0 Å². The molecule has 2 aliphatic rings. The lowest BCUT2D eigenvalue weighted by molar-refractivity contribution is 0.0995. The van der Waals surface area contributed by atoms with Crippen molar-refractivity contribution in [2.24, 2.45) is 0 Å². The molecular formula is C27H42O3Si2. The molecule has 3 nitrogen and oxygen atoms in total. The second-order valence-electron chi connectivity index (χ2n) is 12.5. The first kappa shape index (κ1) is 25.3. The minimum absolute atomic E-state index is 0.137. The molecule has 1 aliphatic heterocycles. The molecule has 1 aromatic rings. The van der Waals surface area contributed by atoms with Crippen molar-refractivity contribution in [3.8, 4) is 17.6 Å². The molecule has 0 saturated carbocycles. The third-order valence-corrected chi connectivity index (χ3v) is 18.4. The number of rotatable bonds is 4. The van der Waals surface area contributed by atoms with Gasteiger partial charge in [0.05, 0.1) is 14.7 Å². The lowest BCUT2D eigenvalue weighted by atomic mass is 9.95. The minimum Gasteiger partial charge on any atom is -0.493 e. The fourth-order valence-electron chi connectivity index (χ4n) is 4.26. The molecule has 0 spiro atoms. The van der Waals surface area contributed by atoms with Crippen LogP contribution in [0.15, 0.2) is 0 Å². The molecule has 176 valence electrons. The van der Waals surface area contributed by atoms with Crippen LogP contribution in [0.25, 0.3) is 0 Å². The molecule has 0 saturated heterocycles. The number of carbonyl (C=O) groups is 1. The Hall–Kier alpha value is -1.36. The van der Waals surface area contributed by atoms with E-state index in [1.54, 1.807) is 0 Å². The largest absolute Gasteiger partial charge is 0.493 e. The van der Waals surface area contributed by atoms with Gasteiger partial charge in [0, 0.05) is 42.6 Å². The third-order valence-electron chi connectivity index (χ3n) is 8.35. The Balaban J connectivity index is 1.99. The van der Waals surface area contributed by atoms with Crippen molar-refractivity contribution in [2.75, 3.05) is 13.2 Å². The Morgan fingerprint density at radius 2 is 1.59 bits per heavy atom. The summed E-state index contributed by atoms with van der Waals surface area (Å²) in [4.78, 5) is 13.1. The summed E-state index contributed by atoms with van der Waals surface area (Å²) in [5, 5.41) is 1.60. The molecule has 1 aliphatic carbocycles.